The standard InChI is InChI=1S/C20H27N5O17P2/c21-20-23-16-9(17(32)24-20)22-15(6-2-1-3-37-6)25(16)18-13(30)11(28)8(39-18)5-38-43(33,34)42-44(35,36)41-19-14(31)12(29)10(27)7(4-26)40-19/h1-3,7-8,10-14,18-19,26-31H,4-5H2,(H,33,34)(H,35,36)(H3,21,23,24,32)/t7-,8-,10-,11-,12+,13-,14+,18-,19-/m1/s1. The molecule has 0 aromatic carbocycles. The lowest BCUT2D eigenvalue weighted by Crippen LogP contribution is -2.58. The van der Waals surface area contributed by atoms with Gasteiger partial charge in [-0.2, -0.15) is 9.29 Å². The number of imidazole rings is 1. The maximum Gasteiger partial charge on any atom is 0.483 e. The highest BCUT2D eigenvalue weighted by molar-refractivity contribution is 7.61. The first-order valence-electron chi connectivity index (χ1n) is 12.5. The van der Waals surface area contributed by atoms with Crippen molar-refractivity contribution < 1.29 is 76.8 Å². The summed E-state index contributed by atoms with van der Waals surface area (Å²) in [6.45, 7) is -1.95. The Morgan fingerprint density at radius 3 is 2.34 bits per heavy atom. The number of aromatic amines is 1. The minimum Gasteiger partial charge on any atom is -0.461 e. The number of nitrogens with zero attached hydrogens (tertiary/aromatic N) is 3. The molecule has 2 unspecified atom stereocenters. The van der Waals surface area contributed by atoms with Crippen LogP contribution in [0.3, 0.4) is 0 Å². The number of aliphatic hydroxyl groups excluding tert-OH is 6. The number of furan rings is 1. The van der Waals surface area contributed by atoms with E-state index in [1.54, 1.807) is 0 Å². The van der Waals surface area contributed by atoms with Crippen molar-refractivity contribution in [2.75, 3.05) is 18.9 Å². The Hall–Kier alpha value is -2.63. The molecule has 11 N–H and O–H groups in total. The Kier molecular flexibility index (Phi) is 9.14. The number of aromatic nitrogens is 4. The van der Waals surface area contributed by atoms with Crippen molar-refractivity contribution >= 4 is 32.8 Å². The zero-order valence-electron chi connectivity index (χ0n) is 21.9. The lowest BCUT2D eigenvalue weighted by molar-refractivity contribution is -0.280. The van der Waals surface area contributed by atoms with E-state index in [9.17, 15) is 54.4 Å². The van der Waals surface area contributed by atoms with Gasteiger partial charge in [-0.15, -0.1) is 0 Å². The van der Waals surface area contributed by atoms with Crippen LogP contribution in [0.25, 0.3) is 22.7 Å². The monoisotopic (exact) mass is 671 g/mol. The third-order valence-electron chi connectivity index (χ3n) is 6.60. The molecular weight excluding hydrogens is 644 g/mol. The first kappa shape index (κ1) is 32.8. The topological polar surface area (TPSA) is 345 Å². The predicted molar refractivity (Wildman–Crippen MR) is 138 cm³/mol. The van der Waals surface area contributed by atoms with Crippen LogP contribution in [0.15, 0.2) is 27.6 Å². The van der Waals surface area contributed by atoms with Gasteiger partial charge in [0.25, 0.3) is 5.56 Å². The third kappa shape index (κ3) is 6.37. The second-order valence-electron chi connectivity index (χ2n) is 9.57. The van der Waals surface area contributed by atoms with Crippen molar-refractivity contribution in [3.8, 4) is 11.6 Å². The first-order valence-corrected chi connectivity index (χ1v) is 15.4. The van der Waals surface area contributed by atoms with Gasteiger partial charge in [0.2, 0.25) is 5.95 Å². The van der Waals surface area contributed by atoms with Crippen LogP contribution < -0.4 is 11.3 Å². The number of H-pyrrole nitrogens is 1. The molecule has 24 heteroatoms. The number of hydrogen-bond acceptors (Lipinski definition) is 18. The first-order chi connectivity index (χ1) is 20.6. The van der Waals surface area contributed by atoms with Crippen LogP contribution >= 0.6 is 15.6 Å². The lowest BCUT2D eigenvalue weighted by atomic mass is 10.00. The molecule has 0 bridgehead atoms. The van der Waals surface area contributed by atoms with E-state index < -0.39 is 89.7 Å². The van der Waals surface area contributed by atoms with Gasteiger partial charge in [-0.1, -0.05) is 0 Å². The average molecular weight is 671 g/mol. The van der Waals surface area contributed by atoms with E-state index in [0.29, 0.717) is 0 Å². The maximum atomic E-state index is 12.5. The largest absolute Gasteiger partial charge is 0.483 e. The Labute approximate surface area is 244 Å². The Balaban J connectivity index is 1.30. The molecule has 22 nitrogen and oxygen atoms in total. The molecule has 3 aromatic rings. The number of nitrogens with two attached hydrogens (primary N) is 1. The summed E-state index contributed by atoms with van der Waals surface area (Å²) in [5, 5.41) is 60.2. The molecule has 44 heavy (non-hydrogen) atoms. The van der Waals surface area contributed by atoms with Gasteiger partial charge in [0.05, 0.1) is 19.5 Å². The molecule has 5 rings (SSSR count). The number of fused-ring (bicyclic) bond motifs is 1. The van der Waals surface area contributed by atoms with Crippen LogP contribution in [-0.2, 0) is 32.0 Å². The van der Waals surface area contributed by atoms with Crippen molar-refractivity contribution in [2.24, 2.45) is 0 Å². The molecule has 3 aromatic heterocycles. The number of aliphatic hydroxyl groups is 6. The van der Waals surface area contributed by atoms with Crippen molar-refractivity contribution in [3.05, 3.63) is 28.7 Å². The van der Waals surface area contributed by atoms with Gasteiger partial charge in [-0.25, -0.2) is 14.1 Å². The van der Waals surface area contributed by atoms with Gasteiger partial charge in [0.15, 0.2) is 35.3 Å². The van der Waals surface area contributed by atoms with Crippen LogP contribution in [-0.4, -0.2) is 122 Å². The summed E-state index contributed by atoms with van der Waals surface area (Å²) in [4.78, 5) is 42.9. The SMILES string of the molecule is Nc1nc2c(nc(-c3ccco3)n2[C@@H]2O[C@H](COP(=O)(O)OP(=O)(O)O[C@H]3O[C@H](CO)[C@@H](O)[C@H](O)[C@@H]3O)[C@@H](O)[C@H]2O)c(=O)[nH]1. The van der Waals surface area contributed by atoms with E-state index in [1.807, 2.05) is 0 Å². The summed E-state index contributed by atoms with van der Waals surface area (Å²) >= 11 is 0. The highest BCUT2D eigenvalue weighted by atomic mass is 31.3. The summed E-state index contributed by atoms with van der Waals surface area (Å²) in [7, 11) is -11.2. The Morgan fingerprint density at radius 2 is 1.68 bits per heavy atom. The van der Waals surface area contributed by atoms with Crippen LogP contribution in [0.4, 0.5) is 5.95 Å². The lowest BCUT2D eigenvalue weighted by Gasteiger charge is -2.39. The average Bonchev–Trinajstić information content (AvgIpc) is 3.66. The summed E-state index contributed by atoms with van der Waals surface area (Å²) in [6, 6.07) is 2.97. The van der Waals surface area contributed by atoms with Crippen LogP contribution in [0.2, 0.25) is 0 Å². The second-order valence-corrected chi connectivity index (χ2v) is 12.6. The van der Waals surface area contributed by atoms with Crippen molar-refractivity contribution in [3.63, 3.8) is 0 Å². The normalized spacial score (nSPS) is 33.8. The fraction of sp³-hybridized carbons (Fsp3) is 0.550. The zero-order valence-corrected chi connectivity index (χ0v) is 23.7. The highest BCUT2D eigenvalue weighted by Gasteiger charge is 2.50. The van der Waals surface area contributed by atoms with E-state index in [-0.39, 0.29) is 28.7 Å². The molecule has 244 valence electrons. The minimum absolute atomic E-state index is 0.0749. The fourth-order valence-electron chi connectivity index (χ4n) is 4.53. The summed E-state index contributed by atoms with van der Waals surface area (Å²) < 4.78 is 55.2. The minimum atomic E-state index is -5.64. The molecule has 5 heterocycles. The van der Waals surface area contributed by atoms with Crippen molar-refractivity contribution in [1.82, 2.24) is 19.5 Å². The van der Waals surface area contributed by atoms with Crippen LogP contribution in [0, 0.1) is 0 Å². The number of rotatable bonds is 10. The molecule has 2 aliphatic heterocycles. The molecule has 2 fully saturated rings. The van der Waals surface area contributed by atoms with Crippen LogP contribution in [0.1, 0.15) is 6.23 Å². The molecule has 0 radical (unpaired) electrons. The van der Waals surface area contributed by atoms with Gasteiger partial charge in [0, 0.05) is 0 Å². The summed E-state index contributed by atoms with van der Waals surface area (Å²) in [6.07, 6.45) is -15.2. The van der Waals surface area contributed by atoms with Gasteiger partial charge in [-0.3, -0.25) is 23.4 Å². The number of phosphoric acid groups is 2. The Morgan fingerprint density at radius 1 is 0.977 bits per heavy atom. The smallest absolute Gasteiger partial charge is 0.461 e. The summed E-state index contributed by atoms with van der Waals surface area (Å²) in [5.41, 5.74) is 4.50. The van der Waals surface area contributed by atoms with E-state index in [4.69, 9.17) is 19.6 Å². The van der Waals surface area contributed by atoms with Crippen molar-refractivity contribution in [1.29, 1.82) is 0 Å². The second kappa shape index (κ2) is 12.3. The molecule has 0 amide bonds. The zero-order chi connectivity index (χ0) is 32.1. The number of anilines is 1. The molecule has 2 aliphatic rings. The van der Waals surface area contributed by atoms with E-state index in [1.165, 1.54) is 18.4 Å². The van der Waals surface area contributed by atoms with Crippen molar-refractivity contribution in [2.45, 2.75) is 55.2 Å². The molecule has 0 spiro atoms. The molecular formula is C20H27N5O17P2. The predicted octanol–water partition coefficient (Wildman–Crippen LogP) is -3.37. The molecule has 2 saturated heterocycles. The highest BCUT2D eigenvalue weighted by Crippen LogP contribution is 2.61. The Bertz CT molecular complexity index is 1630. The van der Waals surface area contributed by atoms with Gasteiger partial charge < -0.3 is 60.1 Å². The number of phosphoric ester groups is 2. The van der Waals surface area contributed by atoms with E-state index >= 15 is 0 Å². The fourth-order valence-corrected chi connectivity index (χ4v) is 6.69. The molecule has 0 aliphatic carbocycles. The third-order valence-corrected chi connectivity index (χ3v) is 9.20. The number of ether oxygens (including phenoxy) is 2. The summed E-state index contributed by atoms with van der Waals surface area (Å²) in [5.74, 6) is -0.299. The number of hydrogen-bond donors (Lipinski definition) is 10. The number of nitrogens with one attached hydrogen (secondary N) is 1. The number of nitrogen functional groups attached to an aromatic ring is 1. The maximum absolute atomic E-state index is 12.5. The van der Waals surface area contributed by atoms with Gasteiger partial charge in [0.1, 0.15) is 42.7 Å². The molecule has 11 atom stereocenters. The molecule has 0 saturated carbocycles. The van der Waals surface area contributed by atoms with E-state index in [0.717, 1.165) is 4.57 Å². The van der Waals surface area contributed by atoms with Crippen LogP contribution in [0.5, 0.6) is 0 Å². The van der Waals surface area contributed by atoms with Gasteiger partial charge in [-0.05, 0) is 12.1 Å². The van der Waals surface area contributed by atoms with Gasteiger partial charge >= 0.3 is 15.6 Å². The quantitative estimate of drug-likeness (QED) is 0.0940. The van der Waals surface area contributed by atoms with E-state index in [2.05, 4.69) is 28.3 Å².